The van der Waals surface area contributed by atoms with Crippen LogP contribution in [0.5, 0.6) is 0 Å². The third kappa shape index (κ3) is 2.99. The van der Waals surface area contributed by atoms with Gasteiger partial charge in [-0.1, -0.05) is 6.92 Å². The first-order valence-corrected chi connectivity index (χ1v) is 6.10. The van der Waals surface area contributed by atoms with Gasteiger partial charge in [-0.2, -0.15) is 0 Å². The van der Waals surface area contributed by atoms with Crippen molar-refractivity contribution in [2.24, 2.45) is 5.41 Å². The molecule has 90 valence electrons. The number of terminal acetylenes is 1. The second kappa shape index (κ2) is 5.91. The molecule has 0 aromatic rings. The van der Waals surface area contributed by atoms with E-state index in [9.17, 15) is 4.79 Å². The predicted molar refractivity (Wildman–Crippen MR) is 65.9 cm³/mol. The van der Waals surface area contributed by atoms with Crippen LogP contribution in [0.15, 0.2) is 0 Å². The van der Waals surface area contributed by atoms with Crippen molar-refractivity contribution >= 4 is 5.91 Å². The summed E-state index contributed by atoms with van der Waals surface area (Å²) in [5.41, 5.74) is -0.221. The summed E-state index contributed by atoms with van der Waals surface area (Å²) in [7, 11) is 0. The maximum absolute atomic E-state index is 12.2. The van der Waals surface area contributed by atoms with Gasteiger partial charge in [0.05, 0.1) is 5.41 Å². The van der Waals surface area contributed by atoms with E-state index >= 15 is 0 Å². The summed E-state index contributed by atoms with van der Waals surface area (Å²) in [5.74, 6) is 2.73. The van der Waals surface area contributed by atoms with Crippen molar-refractivity contribution < 1.29 is 4.79 Å². The lowest BCUT2D eigenvalue weighted by Gasteiger charge is -2.36. The number of amides is 1. The molecule has 0 spiro atoms. The standard InChI is InChI=1S/C13H22N2O/c1-4-7-11(3)15-12(16)13(5-2)8-6-9-14-10-13/h1,11,14H,5-10H2,2-3H3,(H,15,16). The van der Waals surface area contributed by atoms with Gasteiger partial charge in [-0.3, -0.25) is 4.79 Å². The molecule has 0 radical (unpaired) electrons. The second-order valence-corrected chi connectivity index (χ2v) is 4.70. The molecule has 3 heteroatoms. The summed E-state index contributed by atoms with van der Waals surface area (Å²) in [4.78, 5) is 12.2. The molecule has 0 aromatic carbocycles. The molecule has 16 heavy (non-hydrogen) atoms. The molecule has 2 atom stereocenters. The van der Waals surface area contributed by atoms with Crippen molar-refractivity contribution in [3.8, 4) is 12.3 Å². The number of carbonyl (C=O) groups excluding carboxylic acids is 1. The molecule has 1 amide bonds. The quantitative estimate of drug-likeness (QED) is 0.704. The monoisotopic (exact) mass is 222 g/mol. The molecule has 0 aromatic heterocycles. The number of hydrogen-bond acceptors (Lipinski definition) is 2. The van der Waals surface area contributed by atoms with E-state index in [4.69, 9.17) is 6.42 Å². The number of carbonyl (C=O) groups is 1. The van der Waals surface area contributed by atoms with E-state index in [-0.39, 0.29) is 17.4 Å². The molecule has 1 aliphatic heterocycles. The highest BCUT2D eigenvalue weighted by molar-refractivity contribution is 5.83. The summed E-state index contributed by atoms with van der Waals surface area (Å²) in [6.45, 7) is 5.85. The fourth-order valence-electron chi connectivity index (χ4n) is 2.23. The van der Waals surface area contributed by atoms with Crippen LogP contribution >= 0.6 is 0 Å². The third-order valence-corrected chi connectivity index (χ3v) is 3.43. The minimum absolute atomic E-state index is 0.0721. The molecule has 0 bridgehead atoms. The van der Waals surface area contributed by atoms with Crippen LogP contribution in [0.2, 0.25) is 0 Å². The fraction of sp³-hybridized carbons (Fsp3) is 0.769. The average Bonchev–Trinajstić information content (AvgIpc) is 2.30. The van der Waals surface area contributed by atoms with E-state index in [1.807, 2.05) is 6.92 Å². The van der Waals surface area contributed by atoms with Crippen molar-refractivity contribution in [2.75, 3.05) is 13.1 Å². The second-order valence-electron chi connectivity index (χ2n) is 4.70. The zero-order valence-electron chi connectivity index (χ0n) is 10.3. The minimum atomic E-state index is -0.221. The molecule has 1 heterocycles. The zero-order valence-corrected chi connectivity index (χ0v) is 10.3. The Bertz CT molecular complexity index is 274. The van der Waals surface area contributed by atoms with Gasteiger partial charge in [0.25, 0.3) is 0 Å². The van der Waals surface area contributed by atoms with E-state index < -0.39 is 0 Å². The van der Waals surface area contributed by atoms with Gasteiger partial charge in [-0.05, 0) is 32.7 Å². The van der Waals surface area contributed by atoms with Crippen LogP contribution in [0.4, 0.5) is 0 Å². The molecule has 1 fully saturated rings. The Balaban J connectivity index is 2.58. The van der Waals surface area contributed by atoms with Gasteiger partial charge >= 0.3 is 0 Å². The van der Waals surface area contributed by atoms with Crippen LogP contribution in [0.25, 0.3) is 0 Å². The smallest absolute Gasteiger partial charge is 0.227 e. The Kier molecular flexibility index (Phi) is 4.82. The Labute approximate surface area is 98.4 Å². The van der Waals surface area contributed by atoms with E-state index in [2.05, 4.69) is 23.5 Å². The van der Waals surface area contributed by atoms with E-state index in [1.165, 1.54) is 0 Å². The number of piperidine rings is 1. The van der Waals surface area contributed by atoms with Gasteiger partial charge in [-0.25, -0.2) is 0 Å². The SMILES string of the molecule is C#CCC(C)NC(=O)C1(CC)CCCNC1. The highest BCUT2D eigenvalue weighted by atomic mass is 16.2. The normalized spacial score (nSPS) is 26.8. The van der Waals surface area contributed by atoms with Crippen LogP contribution in [-0.4, -0.2) is 25.0 Å². The van der Waals surface area contributed by atoms with Gasteiger partial charge in [-0.15, -0.1) is 12.3 Å². The van der Waals surface area contributed by atoms with Gasteiger partial charge in [0.2, 0.25) is 5.91 Å². The van der Waals surface area contributed by atoms with Crippen LogP contribution in [0.3, 0.4) is 0 Å². The van der Waals surface area contributed by atoms with Crippen LogP contribution < -0.4 is 10.6 Å². The van der Waals surface area contributed by atoms with Crippen molar-refractivity contribution in [3.05, 3.63) is 0 Å². The molecule has 1 saturated heterocycles. The van der Waals surface area contributed by atoms with Crippen LogP contribution in [0, 0.1) is 17.8 Å². The van der Waals surface area contributed by atoms with E-state index in [0.717, 1.165) is 32.4 Å². The molecule has 0 saturated carbocycles. The molecule has 2 N–H and O–H groups in total. The molecule has 1 rings (SSSR count). The van der Waals surface area contributed by atoms with Crippen LogP contribution in [-0.2, 0) is 4.79 Å². The maximum atomic E-state index is 12.2. The fourth-order valence-corrected chi connectivity index (χ4v) is 2.23. The minimum Gasteiger partial charge on any atom is -0.352 e. The van der Waals surface area contributed by atoms with E-state index in [1.54, 1.807) is 0 Å². The summed E-state index contributed by atoms with van der Waals surface area (Å²) in [6, 6.07) is 0.0721. The maximum Gasteiger partial charge on any atom is 0.227 e. The molecule has 3 nitrogen and oxygen atoms in total. The Hall–Kier alpha value is -1.01. The topological polar surface area (TPSA) is 41.1 Å². The summed E-state index contributed by atoms with van der Waals surface area (Å²) in [6.07, 6.45) is 8.77. The largest absolute Gasteiger partial charge is 0.352 e. The Morgan fingerprint density at radius 1 is 1.69 bits per heavy atom. The van der Waals surface area contributed by atoms with Gasteiger partial charge in [0.1, 0.15) is 0 Å². The van der Waals surface area contributed by atoms with Crippen molar-refractivity contribution in [1.29, 1.82) is 0 Å². The highest BCUT2D eigenvalue weighted by Crippen LogP contribution is 2.30. The molecule has 1 aliphatic rings. The molecular weight excluding hydrogens is 200 g/mol. The van der Waals surface area contributed by atoms with Gasteiger partial charge < -0.3 is 10.6 Å². The lowest BCUT2D eigenvalue weighted by molar-refractivity contribution is -0.133. The molecule has 0 aliphatic carbocycles. The first kappa shape index (κ1) is 13.1. The van der Waals surface area contributed by atoms with Gasteiger partial charge in [0.15, 0.2) is 0 Å². The number of nitrogens with one attached hydrogen (secondary N) is 2. The van der Waals surface area contributed by atoms with Gasteiger partial charge in [0, 0.05) is 19.0 Å². The number of rotatable bonds is 4. The van der Waals surface area contributed by atoms with Crippen LogP contribution in [0.1, 0.15) is 39.5 Å². The highest BCUT2D eigenvalue weighted by Gasteiger charge is 2.37. The first-order chi connectivity index (χ1) is 7.64. The summed E-state index contributed by atoms with van der Waals surface area (Å²) < 4.78 is 0. The average molecular weight is 222 g/mol. The molecular formula is C13H22N2O. The van der Waals surface area contributed by atoms with E-state index in [0.29, 0.717) is 6.42 Å². The first-order valence-electron chi connectivity index (χ1n) is 6.10. The summed E-state index contributed by atoms with van der Waals surface area (Å²) in [5, 5.41) is 6.33. The Morgan fingerprint density at radius 3 is 2.94 bits per heavy atom. The van der Waals surface area contributed by atoms with Crippen molar-refractivity contribution in [2.45, 2.75) is 45.6 Å². The van der Waals surface area contributed by atoms with Crippen molar-refractivity contribution in [3.63, 3.8) is 0 Å². The lowest BCUT2D eigenvalue weighted by atomic mass is 9.77. The summed E-state index contributed by atoms with van der Waals surface area (Å²) >= 11 is 0. The Morgan fingerprint density at radius 2 is 2.44 bits per heavy atom. The zero-order chi connectivity index (χ0) is 12.0. The van der Waals surface area contributed by atoms with Crippen molar-refractivity contribution in [1.82, 2.24) is 10.6 Å². The number of hydrogen-bond donors (Lipinski definition) is 2. The predicted octanol–water partition coefficient (Wildman–Crippen LogP) is 1.29. The third-order valence-electron chi connectivity index (χ3n) is 3.43. The lowest BCUT2D eigenvalue weighted by Crippen LogP contribution is -2.52. The molecule has 2 unspecified atom stereocenters.